The van der Waals surface area contributed by atoms with Crippen LogP contribution in [0.3, 0.4) is 0 Å². The number of nitrogens with one attached hydrogen (secondary N) is 2. The molecule has 1 aromatic carbocycles. The Balaban J connectivity index is 0.000000440. The molecule has 6 rings (SSSR count). The summed E-state index contributed by atoms with van der Waals surface area (Å²) in [6, 6.07) is 10.6. The molecule has 0 aliphatic carbocycles. The van der Waals surface area contributed by atoms with Gasteiger partial charge >= 0.3 is 24.3 Å². The van der Waals surface area contributed by atoms with Crippen molar-refractivity contribution in [1.82, 2.24) is 25.1 Å². The molecule has 3 aromatic heterocycles. The van der Waals surface area contributed by atoms with Gasteiger partial charge < -0.3 is 40.4 Å². The molecule has 0 unspecified atom stereocenters. The second-order valence-electron chi connectivity index (χ2n) is 13.0. The molecule has 6 N–H and O–H groups in total. The predicted molar refractivity (Wildman–Crippen MR) is 195 cm³/mol. The maximum atomic E-state index is 13.0. The smallest absolute Gasteiger partial charge is 0.490 e. The number of halogens is 6. The van der Waals surface area contributed by atoms with Crippen LogP contribution >= 0.6 is 22.7 Å². The Labute approximate surface area is 328 Å². The van der Waals surface area contributed by atoms with E-state index in [4.69, 9.17) is 24.5 Å². The Bertz CT molecular complexity index is 2040. The first-order valence-electron chi connectivity index (χ1n) is 17.2. The van der Waals surface area contributed by atoms with Gasteiger partial charge in [0.25, 0.3) is 5.91 Å². The molecular formula is C35H39F6N5O9S2. The Kier molecular flexibility index (Phi) is 15.2. The number of aromatic amines is 1. The zero-order chi connectivity index (χ0) is 42.1. The van der Waals surface area contributed by atoms with Crippen LogP contribution in [-0.2, 0) is 27.3 Å². The number of fused-ring (bicyclic) bond motifs is 1. The third-order valence-corrected chi connectivity index (χ3v) is 10.8. The van der Waals surface area contributed by atoms with Crippen LogP contribution in [0.25, 0.3) is 10.9 Å². The number of aliphatic hydroxyl groups is 1. The first-order valence-corrected chi connectivity index (χ1v) is 18.9. The van der Waals surface area contributed by atoms with Crippen molar-refractivity contribution in [3.63, 3.8) is 0 Å². The van der Waals surface area contributed by atoms with E-state index in [1.54, 1.807) is 12.1 Å². The summed E-state index contributed by atoms with van der Waals surface area (Å²) in [6.45, 7) is 7.60. The SMILES string of the molecule is Cc1nc(C(=O)N2CCOC3(CCN(Cc4ccc(CCNC[C@H](O)c5ccc(O)c6[nH]c(=O)ccc56)s4)CC3)C2)cs1.O=C(O)C(F)(F)F.O=C(O)C(F)(F)F. The Morgan fingerprint density at radius 1 is 0.982 bits per heavy atom. The Morgan fingerprint density at radius 2 is 1.61 bits per heavy atom. The van der Waals surface area contributed by atoms with Gasteiger partial charge in [0, 0.05) is 65.9 Å². The normalized spacial score (nSPS) is 16.3. The number of carboxylic acids is 2. The number of hydrogen-bond donors (Lipinski definition) is 6. The van der Waals surface area contributed by atoms with E-state index < -0.39 is 30.4 Å². The number of ether oxygens (including phenoxy) is 1. The number of aliphatic hydroxyl groups excluding tert-OH is 1. The predicted octanol–water partition coefficient (Wildman–Crippen LogP) is 4.70. The molecule has 0 radical (unpaired) electrons. The van der Waals surface area contributed by atoms with E-state index in [0.29, 0.717) is 48.4 Å². The minimum atomic E-state index is -5.08. The number of aliphatic carboxylic acids is 2. The number of phenols is 1. The summed E-state index contributed by atoms with van der Waals surface area (Å²) >= 11 is 3.33. The van der Waals surface area contributed by atoms with Crippen LogP contribution < -0.4 is 10.9 Å². The summed E-state index contributed by atoms with van der Waals surface area (Å²) in [7, 11) is 0. The number of thiophene rings is 1. The van der Waals surface area contributed by atoms with E-state index in [1.165, 1.54) is 33.2 Å². The lowest BCUT2D eigenvalue weighted by Gasteiger charge is -2.47. The number of hydrogen-bond acceptors (Lipinski definition) is 12. The van der Waals surface area contributed by atoms with Crippen LogP contribution in [0.1, 0.15) is 49.8 Å². The van der Waals surface area contributed by atoms with Gasteiger partial charge in [-0.15, -0.1) is 22.7 Å². The third kappa shape index (κ3) is 12.9. The van der Waals surface area contributed by atoms with Gasteiger partial charge in [-0.05, 0) is 56.0 Å². The van der Waals surface area contributed by atoms with Crippen LogP contribution in [0, 0.1) is 6.92 Å². The molecule has 2 aliphatic rings. The van der Waals surface area contributed by atoms with Gasteiger partial charge in [-0.1, -0.05) is 6.07 Å². The number of pyridine rings is 1. The average Bonchev–Trinajstić information content (AvgIpc) is 3.79. The molecule has 14 nitrogen and oxygen atoms in total. The molecular weight excluding hydrogens is 813 g/mol. The van der Waals surface area contributed by atoms with Crippen LogP contribution in [-0.4, -0.2) is 122 Å². The average molecular weight is 852 g/mol. The zero-order valence-corrected chi connectivity index (χ0v) is 31.8. The number of nitrogens with zero attached hydrogens (tertiary/aromatic N) is 3. The fourth-order valence-corrected chi connectivity index (χ4v) is 7.68. The summed E-state index contributed by atoms with van der Waals surface area (Å²) in [4.78, 5) is 56.5. The molecule has 4 aromatic rings. The molecule has 2 saturated heterocycles. The summed E-state index contributed by atoms with van der Waals surface area (Å²) in [5.41, 5.74) is 0.972. The first kappa shape index (κ1) is 45.1. The number of phenolic OH excluding ortho intramolecular Hbond substituents is 1. The number of likely N-dealkylation sites (tertiary alicyclic amines) is 1. The lowest BCUT2D eigenvalue weighted by Crippen LogP contribution is -2.57. The van der Waals surface area contributed by atoms with Crippen molar-refractivity contribution in [3.05, 3.63) is 78.2 Å². The highest BCUT2D eigenvalue weighted by Gasteiger charge is 2.42. The quantitative estimate of drug-likeness (QED) is 0.100. The van der Waals surface area contributed by atoms with Gasteiger partial charge in [-0.25, -0.2) is 14.6 Å². The summed E-state index contributed by atoms with van der Waals surface area (Å²) in [6.07, 6.45) is -8.27. The van der Waals surface area contributed by atoms with Gasteiger partial charge in [0.2, 0.25) is 5.56 Å². The second kappa shape index (κ2) is 19.2. The largest absolute Gasteiger partial charge is 0.506 e. The molecule has 1 atom stereocenters. The molecule has 2 aliphatic heterocycles. The van der Waals surface area contributed by atoms with Crippen molar-refractivity contribution in [2.75, 3.05) is 45.9 Å². The van der Waals surface area contributed by atoms with E-state index in [0.717, 1.165) is 50.4 Å². The second-order valence-corrected chi connectivity index (χ2v) is 15.3. The number of aryl methyl sites for hydroxylation is 1. The molecule has 312 valence electrons. The van der Waals surface area contributed by atoms with Gasteiger partial charge in [0.05, 0.1) is 35.4 Å². The van der Waals surface area contributed by atoms with Crippen LogP contribution in [0.2, 0.25) is 0 Å². The number of thiazole rings is 1. The van der Waals surface area contributed by atoms with Crippen LogP contribution in [0.5, 0.6) is 5.75 Å². The van der Waals surface area contributed by atoms with E-state index >= 15 is 0 Å². The number of amides is 1. The number of morpholine rings is 1. The molecule has 22 heteroatoms. The summed E-state index contributed by atoms with van der Waals surface area (Å²) < 4.78 is 69.7. The highest BCUT2D eigenvalue weighted by molar-refractivity contribution is 7.12. The highest BCUT2D eigenvalue weighted by atomic mass is 32.1. The number of aromatic hydroxyl groups is 1. The number of rotatable bonds is 9. The standard InChI is InChI=1S/C31H37N5O5S2.2C2HF3O2/c1-20-33-25(18-42-20)30(40)36-14-15-41-31(19-36)9-12-35(13-10-31)17-22-3-2-21(43-22)8-11-32-16-27(38)23-4-6-26(37)29-24(23)5-7-28(39)34-29;2*3-2(4,5)1(6)7/h2-7,18,27,32,37-38H,8-17,19H2,1H3,(H,34,39);2*(H,6,7)/t27-;;/m0../s1. The van der Waals surface area contributed by atoms with Crippen molar-refractivity contribution in [1.29, 1.82) is 0 Å². The molecule has 57 heavy (non-hydrogen) atoms. The Morgan fingerprint density at radius 3 is 2.21 bits per heavy atom. The van der Waals surface area contributed by atoms with Crippen LogP contribution in [0.15, 0.2) is 46.6 Å². The number of carbonyl (C=O) groups excluding carboxylic acids is 1. The van der Waals surface area contributed by atoms with E-state index in [9.17, 15) is 46.1 Å². The van der Waals surface area contributed by atoms with Crippen molar-refractivity contribution in [2.45, 2.75) is 56.8 Å². The number of carboxylic acid groups (broad SMARTS) is 2. The maximum absolute atomic E-state index is 13.0. The molecule has 0 saturated carbocycles. The minimum Gasteiger partial charge on any atom is -0.506 e. The number of aromatic nitrogens is 2. The first-order chi connectivity index (χ1) is 26.7. The molecule has 1 amide bonds. The summed E-state index contributed by atoms with van der Waals surface area (Å²) in [5, 5.41) is 41.8. The number of carbonyl (C=O) groups is 3. The molecule has 0 bridgehead atoms. The number of alkyl halides is 6. The van der Waals surface area contributed by atoms with Crippen molar-refractivity contribution in [3.8, 4) is 5.75 Å². The lowest BCUT2D eigenvalue weighted by atomic mass is 9.89. The van der Waals surface area contributed by atoms with E-state index in [-0.39, 0.29) is 22.8 Å². The maximum Gasteiger partial charge on any atom is 0.490 e. The van der Waals surface area contributed by atoms with E-state index in [1.807, 2.05) is 28.5 Å². The van der Waals surface area contributed by atoms with E-state index in [2.05, 4.69) is 32.3 Å². The van der Waals surface area contributed by atoms with Crippen molar-refractivity contribution >= 4 is 51.4 Å². The third-order valence-electron chi connectivity index (χ3n) is 8.87. The number of H-pyrrole nitrogens is 1. The highest BCUT2D eigenvalue weighted by Crippen LogP contribution is 2.33. The fraction of sp³-hybridized carbons (Fsp3) is 0.457. The van der Waals surface area contributed by atoms with Gasteiger partial charge in [-0.3, -0.25) is 14.5 Å². The van der Waals surface area contributed by atoms with Gasteiger partial charge in [0.1, 0.15) is 11.4 Å². The summed E-state index contributed by atoms with van der Waals surface area (Å²) in [5.74, 6) is -5.52. The van der Waals surface area contributed by atoms with Gasteiger partial charge in [0.15, 0.2) is 0 Å². The van der Waals surface area contributed by atoms with Gasteiger partial charge in [-0.2, -0.15) is 26.3 Å². The topological polar surface area (TPSA) is 206 Å². The van der Waals surface area contributed by atoms with Crippen LogP contribution in [0.4, 0.5) is 26.3 Å². The fourth-order valence-electron chi connectivity index (χ4n) is 6.03. The number of piperidine rings is 1. The molecule has 2 fully saturated rings. The molecule has 1 spiro atoms. The van der Waals surface area contributed by atoms with Crippen molar-refractivity contribution in [2.24, 2.45) is 0 Å². The Hall–Kier alpha value is -4.61. The zero-order valence-electron chi connectivity index (χ0n) is 30.2. The van der Waals surface area contributed by atoms with Crippen molar-refractivity contribution < 1.29 is 65.9 Å². The lowest BCUT2D eigenvalue weighted by molar-refractivity contribution is -0.193. The monoisotopic (exact) mass is 851 g/mol. The molecule has 5 heterocycles. The minimum absolute atomic E-state index is 0.0102. The number of benzene rings is 1.